The van der Waals surface area contributed by atoms with Crippen LogP contribution in [0.3, 0.4) is 0 Å². The van der Waals surface area contributed by atoms with E-state index < -0.39 is 39.5 Å². The summed E-state index contributed by atoms with van der Waals surface area (Å²) in [5.74, 6) is 0. The van der Waals surface area contributed by atoms with Gasteiger partial charge in [-0.2, -0.15) is 0 Å². The Labute approximate surface area is 136 Å². The Hall–Kier alpha value is 2.35. The van der Waals surface area contributed by atoms with Crippen LogP contribution in [0.4, 0.5) is 0 Å². The van der Waals surface area contributed by atoms with E-state index >= 15 is 0 Å². The lowest BCUT2D eigenvalue weighted by molar-refractivity contribution is 1.92. The van der Waals surface area contributed by atoms with Crippen molar-refractivity contribution in [2.24, 2.45) is 0 Å². The van der Waals surface area contributed by atoms with Crippen molar-refractivity contribution >= 4 is 71.5 Å². The first-order valence-corrected chi connectivity index (χ1v) is 35.0. The van der Waals surface area contributed by atoms with Crippen LogP contribution in [0.1, 0.15) is 0 Å². The van der Waals surface area contributed by atoms with Crippen molar-refractivity contribution in [3.8, 4) is 0 Å². The monoisotopic (exact) mass is 414 g/mol. The predicted molar refractivity (Wildman–Crippen MR) is 116 cm³/mol. The Morgan fingerprint density at radius 1 is 0.368 bits per heavy atom. The van der Waals surface area contributed by atoms with Gasteiger partial charge in [0.15, 0.2) is 0 Å². The highest BCUT2D eigenvalue weighted by Gasteiger charge is 2.76. The maximum atomic E-state index is 2.84. The zero-order valence-corrected chi connectivity index (χ0v) is 22.7. The molecule has 112 valence electrons. The quantitative estimate of drug-likeness (QED) is 0.480. The summed E-state index contributed by atoms with van der Waals surface area (Å²) in [6, 6.07) is 0. The summed E-state index contributed by atoms with van der Waals surface area (Å²) in [7, 11) is 8.14. The lowest BCUT2D eigenvalue weighted by Crippen LogP contribution is -2.86. The minimum absolute atomic E-state index is 1.04. The molecular formula is C10H30S3Si6. The molecule has 0 aromatic rings. The summed E-state index contributed by atoms with van der Waals surface area (Å²) in [4.78, 5) is 0. The third-order valence-corrected chi connectivity index (χ3v) is 169. The van der Waals surface area contributed by atoms with Crippen molar-refractivity contribution in [1.82, 2.24) is 0 Å². The fourth-order valence-corrected chi connectivity index (χ4v) is 297. The summed E-state index contributed by atoms with van der Waals surface area (Å²) in [5, 5.41) is 0. The molecule has 0 aromatic carbocycles. The van der Waals surface area contributed by atoms with Crippen LogP contribution in [-0.2, 0) is 0 Å². The lowest BCUT2D eigenvalue weighted by atomic mass is 11.9. The molecule has 0 unspecified atom stereocenters. The van der Waals surface area contributed by atoms with Crippen LogP contribution in [-0.4, -0.2) is 39.5 Å². The largest absolute Gasteiger partial charge is 0.213 e. The van der Waals surface area contributed by atoms with Gasteiger partial charge in [0, 0.05) is 0 Å². The van der Waals surface area contributed by atoms with Gasteiger partial charge in [0.25, 0.3) is 0 Å². The molecule has 2 aliphatic rings. The zero-order valence-electron chi connectivity index (χ0n) is 14.2. The first kappa shape index (κ1) is 17.7. The van der Waals surface area contributed by atoms with Crippen LogP contribution in [0.15, 0.2) is 0 Å². The maximum Gasteiger partial charge on any atom is 0.113 e. The van der Waals surface area contributed by atoms with Crippen molar-refractivity contribution in [3.63, 3.8) is 0 Å². The number of hydrogen-bond acceptors (Lipinski definition) is 3. The van der Waals surface area contributed by atoms with E-state index in [2.05, 4.69) is 97.5 Å². The van der Waals surface area contributed by atoms with Crippen LogP contribution in [0.2, 0.25) is 65.5 Å². The molecular weight excluding hydrogens is 385 g/mol. The molecule has 2 heterocycles. The van der Waals surface area contributed by atoms with Crippen molar-refractivity contribution in [2.75, 3.05) is 0 Å². The fraction of sp³-hybridized carbons (Fsp3) is 1.00. The van der Waals surface area contributed by atoms with Crippen LogP contribution in [0.5, 0.6) is 0 Å². The van der Waals surface area contributed by atoms with Gasteiger partial charge >= 0.3 is 0 Å². The predicted octanol–water partition coefficient (Wildman–Crippen LogP) is 5.50. The molecule has 0 aliphatic carbocycles. The Bertz CT molecular complexity index is 353. The third kappa shape index (κ3) is 2.16. The molecule has 2 fully saturated rings. The van der Waals surface area contributed by atoms with Gasteiger partial charge in [0.2, 0.25) is 0 Å². The smallest absolute Gasteiger partial charge is 0.113 e. The van der Waals surface area contributed by atoms with Gasteiger partial charge in [-0.05, 0) is 0 Å². The molecule has 0 N–H and O–H groups in total. The van der Waals surface area contributed by atoms with Gasteiger partial charge in [-0.15, -0.1) is 0 Å². The van der Waals surface area contributed by atoms with E-state index in [1.165, 1.54) is 0 Å². The Balaban J connectivity index is 2.66. The van der Waals surface area contributed by atoms with Gasteiger partial charge in [-0.3, -0.25) is 0 Å². The molecule has 9 heteroatoms. The summed E-state index contributed by atoms with van der Waals surface area (Å²) in [6.07, 6.45) is -2.08. The van der Waals surface area contributed by atoms with Crippen LogP contribution in [0.25, 0.3) is 0 Å². The second kappa shape index (κ2) is 4.46. The molecule has 0 amide bonds. The van der Waals surface area contributed by atoms with E-state index in [4.69, 9.17) is 0 Å². The number of rotatable bonds is 0. The summed E-state index contributed by atoms with van der Waals surface area (Å²) >= 11 is 0. The zero-order chi connectivity index (χ0) is 15.1. The topological polar surface area (TPSA) is 0 Å². The molecule has 0 saturated carbocycles. The average Bonchev–Trinajstić information content (AvgIpc) is 2.09. The Kier molecular flexibility index (Phi) is 4.15. The van der Waals surface area contributed by atoms with Gasteiger partial charge in [0.05, 0.1) is 0 Å². The van der Waals surface area contributed by atoms with E-state index in [9.17, 15) is 0 Å². The van der Waals surface area contributed by atoms with E-state index in [-0.39, 0.29) is 0 Å². The summed E-state index contributed by atoms with van der Waals surface area (Å²) in [6.45, 7) is 23.6. The van der Waals surface area contributed by atoms with Crippen LogP contribution >= 0.6 is 32.0 Å². The third-order valence-electron chi connectivity index (χ3n) is 6.02. The van der Waals surface area contributed by atoms with Crippen molar-refractivity contribution < 1.29 is 0 Å². The number of hydrogen-bond donors (Lipinski definition) is 0. The van der Waals surface area contributed by atoms with Gasteiger partial charge in [-0.1, -0.05) is 65.5 Å². The summed E-state index contributed by atoms with van der Waals surface area (Å²) in [5.41, 5.74) is 0. The molecule has 2 aliphatic heterocycles. The normalized spacial score (nSPS) is 45.8. The fourth-order valence-electron chi connectivity index (χ4n) is 4.02. The maximum absolute atomic E-state index is 2.84. The minimum atomic E-state index is -1.04. The Morgan fingerprint density at radius 2 is 0.579 bits per heavy atom. The molecule has 0 spiro atoms. The molecule has 2 bridgehead atoms. The number of fused-ring (bicyclic) bond motifs is 2. The standard InChI is InChI=1S/C10H30S3Si6/c1-14(2)11-15(3,4)19(10)13-18(14,9)16(5,6)12-17(19,7)8/h1-10H3. The summed E-state index contributed by atoms with van der Waals surface area (Å²) < 4.78 is 0. The molecule has 2 saturated heterocycles. The minimum Gasteiger partial charge on any atom is -0.213 e. The second-order valence-corrected chi connectivity index (χ2v) is 88.4. The van der Waals surface area contributed by atoms with E-state index in [1.807, 2.05) is 0 Å². The highest BCUT2D eigenvalue weighted by atomic mass is 32.7. The molecule has 0 aromatic heterocycles. The highest BCUT2D eigenvalue weighted by molar-refractivity contribution is 8.93. The second-order valence-electron chi connectivity index (χ2n) is 8.41. The molecule has 19 heavy (non-hydrogen) atoms. The van der Waals surface area contributed by atoms with Crippen molar-refractivity contribution in [3.05, 3.63) is 0 Å². The van der Waals surface area contributed by atoms with E-state index in [1.54, 1.807) is 0 Å². The SMILES string of the molecule is C[Si]1(C)S[Si](C)(C)[Si]2(C)S[Si]1(C)[Si](C)(C)S[Si]2(C)C. The molecule has 2 rings (SSSR count). The molecule has 0 radical (unpaired) electrons. The van der Waals surface area contributed by atoms with E-state index in [0.29, 0.717) is 0 Å². The Morgan fingerprint density at radius 3 is 0.789 bits per heavy atom. The van der Waals surface area contributed by atoms with Crippen molar-refractivity contribution in [1.29, 1.82) is 0 Å². The van der Waals surface area contributed by atoms with E-state index in [0.717, 1.165) is 0 Å². The van der Waals surface area contributed by atoms with Crippen LogP contribution < -0.4 is 0 Å². The first-order chi connectivity index (χ1) is 8.12. The molecule has 0 atom stereocenters. The molecule has 0 nitrogen and oxygen atoms in total. The average molecular weight is 415 g/mol. The highest BCUT2D eigenvalue weighted by Crippen LogP contribution is 2.67. The van der Waals surface area contributed by atoms with Crippen LogP contribution in [0, 0.1) is 0 Å². The van der Waals surface area contributed by atoms with Gasteiger partial charge in [0.1, 0.15) is 39.5 Å². The van der Waals surface area contributed by atoms with Crippen molar-refractivity contribution in [2.45, 2.75) is 65.5 Å². The first-order valence-electron chi connectivity index (χ1n) is 7.22. The lowest BCUT2D eigenvalue weighted by Gasteiger charge is -2.69. The van der Waals surface area contributed by atoms with Gasteiger partial charge in [-0.25, -0.2) is 32.0 Å². The van der Waals surface area contributed by atoms with Gasteiger partial charge < -0.3 is 0 Å².